The maximum absolute atomic E-state index is 11.9. The second-order valence-corrected chi connectivity index (χ2v) is 4.99. The molecule has 6 nitrogen and oxygen atoms in total. The number of hydrogen-bond donors (Lipinski definition) is 2. The second kappa shape index (κ2) is 9.18. The minimum absolute atomic E-state index is 0.215. The summed E-state index contributed by atoms with van der Waals surface area (Å²) in [5.74, 6) is 0. The van der Waals surface area contributed by atoms with E-state index in [-0.39, 0.29) is 11.6 Å². The smallest absolute Gasteiger partial charge is 0.319 e. The van der Waals surface area contributed by atoms with Crippen molar-refractivity contribution in [3.05, 3.63) is 28.2 Å². The zero-order valence-corrected chi connectivity index (χ0v) is 13.1. The lowest BCUT2D eigenvalue weighted by Crippen LogP contribution is -2.33. The summed E-state index contributed by atoms with van der Waals surface area (Å²) in [5.41, 5.74) is 0.848. The van der Waals surface area contributed by atoms with Crippen molar-refractivity contribution in [3.8, 4) is 0 Å². The number of aryl methyl sites for hydroxylation is 2. The Balaban J connectivity index is 2.32. The monoisotopic (exact) mass is 295 g/mol. The quantitative estimate of drug-likeness (QED) is 0.721. The number of hydrogen-bond acceptors (Lipinski definition) is 3. The maximum Gasteiger partial charge on any atom is 0.319 e. The summed E-state index contributed by atoms with van der Waals surface area (Å²) in [6.07, 6.45) is 4.61. The number of carbonyl (C=O) groups is 1. The Morgan fingerprint density at radius 1 is 1.33 bits per heavy atom. The molecule has 118 valence electrons. The molecule has 0 atom stereocenters. The van der Waals surface area contributed by atoms with Crippen LogP contribution < -0.4 is 16.2 Å². The summed E-state index contributed by atoms with van der Waals surface area (Å²) < 4.78 is 6.84. The number of nitrogens with one attached hydrogen (secondary N) is 2. The minimum atomic E-state index is -0.366. The van der Waals surface area contributed by atoms with E-state index in [9.17, 15) is 9.59 Å². The Hall–Kier alpha value is -1.82. The number of carbonyl (C=O) groups excluding carboxylic acids is 1. The Bertz CT molecular complexity index is 511. The number of pyridine rings is 1. The van der Waals surface area contributed by atoms with Crippen LogP contribution in [0.5, 0.6) is 0 Å². The van der Waals surface area contributed by atoms with Gasteiger partial charge in [-0.3, -0.25) is 4.79 Å². The third-order valence-corrected chi connectivity index (χ3v) is 3.11. The van der Waals surface area contributed by atoms with E-state index in [1.54, 1.807) is 26.2 Å². The van der Waals surface area contributed by atoms with Crippen LogP contribution in [0.25, 0.3) is 0 Å². The highest BCUT2D eigenvalue weighted by atomic mass is 16.5. The molecule has 6 heteroatoms. The van der Waals surface area contributed by atoms with Crippen LogP contribution in [-0.4, -0.2) is 30.4 Å². The minimum Gasteiger partial charge on any atom is -0.381 e. The number of unbranched alkanes of at least 4 members (excludes halogenated alkanes) is 1. The van der Waals surface area contributed by atoms with Crippen molar-refractivity contribution in [1.29, 1.82) is 0 Å². The summed E-state index contributed by atoms with van der Waals surface area (Å²) in [5, 5.41) is 5.32. The first-order valence-electron chi connectivity index (χ1n) is 7.35. The fraction of sp³-hybridized carbons (Fsp3) is 0.600. The maximum atomic E-state index is 11.9. The highest BCUT2D eigenvalue weighted by Gasteiger charge is 2.08. The summed E-state index contributed by atoms with van der Waals surface area (Å²) >= 11 is 0. The van der Waals surface area contributed by atoms with Crippen molar-refractivity contribution < 1.29 is 9.53 Å². The van der Waals surface area contributed by atoms with E-state index in [1.165, 1.54) is 4.57 Å². The Morgan fingerprint density at radius 2 is 2.05 bits per heavy atom. The highest BCUT2D eigenvalue weighted by molar-refractivity contribution is 5.89. The molecule has 0 bridgehead atoms. The van der Waals surface area contributed by atoms with Crippen LogP contribution in [0.15, 0.2) is 17.1 Å². The Kier molecular flexibility index (Phi) is 7.53. The standard InChI is InChI=1S/C15H25N3O3/c1-4-5-10-21-11-6-8-16-15(20)17-13-12(2)7-9-18(3)14(13)19/h7,9H,4-6,8,10-11H2,1-3H3,(H2,16,17,20). The van der Waals surface area contributed by atoms with Gasteiger partial charge in [-0.1, -0.05) is 13.3 Å². The molecule has 1 rings (SSSR count). The third kappa shape index (κ3) is 5.99. The molecular weight excluding hydrogens is 270 g/mol. The fourth-order valence-electron chi connectivity index (χ4n) is 1.75. The molecule has 2 N–H and O–H groups in total. The first-order chi connectivity index (χ1) is 10.1. The summed E-state index contributed by atoms with van der Waals surface area (Å²) in [4.78, 5) is 23.7. The second-order valence-electron chi connectivity index (χ2n) is 4.99. The fourth-order valence-corrected chi connectivity index (χ4v) is 1.75. The van der Waals surface area contributed by atoms with Gasteiger partial charge in [0, 0.05) is 33.0 Å². The van der Waals surface area contributed by atoms with Crippen LogP contribution in [0.4, 0.5) is 10.5 Å². The molecule has 1 heterocycles. The number of ether oxygens (including phenoxy) is 1. The van der Waals surface area contributed by atoms with Gasteiger partial charge in [-0.25, -0.2) is 4.79 Å². The lowest BCUT2D eigenvalue weighted by atomic mass is 10.2. The van der Waals surface area contributed by atoms with Gasteiger partial charge in [0.05, 0.1) is 0 Å². The zero-order valence-electron chi connectivity index (χ0n) is 13.1. The van der Waals surface area contributed by atoms with Crippen LogP contribution in [0.2, 0.25) is 0 Å². The van der Waals surface area contributed by atoms with Crippen molar-refractivity contribution in [3.63, 3.8) is 0 Å². The molecule has 1 aromatic heterocycles. The van der Waals surface area contributed by atoms with Gasteiger partial charge in [0.1, 0.15) is 5.69 Å². The topological polar surface area (TPSA) is 72.4 Å². The number of rotatable bonds is 8. The predicted molar refractivity (Wildman–Crippen MR) is 83.8 cm³/mol. The molecule has 0 radical (unpaired) electrons. The van der Waals surface area contributed by atoms with E-state index in [0.29, 0.717) is 18.8 Å². The third-order valence-electron chi connectivity index (χ3n) is 3.11. The van der Waals surface area contributed by atoms with Gasteiger partial charge in [0.25, 0.3) is 5.56 Å². The largest absolute Gasteiger partial charge is 0.381 e. The number of nitrogens with zero attached hydrogens (tertiary/aromatic N) is 1. The molecule has 0 saturated carbocycles. The van der Waals surface area contributed by atoms with E-state index in [4.69, 9.17) is 4.74 Å². The summed E-state index contributed by atoms with van der Waals surface area (Å²) in [6, 6.07) is 1.42. The van der Waals surface area contributed by atoms with Crippen LogP contribution in [0, 0.1) is 6.92 Å². The van der Waals surface area contributed by atoms with E-state index in [0.717, 1.165) is 31.4 Å². The molecule has 0 aromatic carbocycles. The van der Waals surface area contributed by atoms with Crippen molar-refractivity contribution >= 4 is 11.7 Å². The molecule has 21 heavy (non-hydrogen) atoms. The zero-order chi connectivity index (χ0) is 15.7. The van der Waals surface area contributed by atoms with Crippen molar-refractivity contribution in [2.45, 2.75) is 33.1 Å². The average Bonchev–Trinajstić information content (AvgIpc) is 2.47. The van der Waals surface area contributed by atoms with Gasteiger partial charge in [-0.15, -0.1) is 0 Å². The van der Waals surface area contributed by atoms with Gasteiger partial charge in [-0.2, -0.15) is 0 Å². The van der Waals surface area contributed by atoms with Gasteiger partial charge in [0.15, 0.2) is 0 Å². The molecule has 0 aliphatic heterocycles. The normalized spacial score (nSPS) is 10.4. The number of anilines is 1. The predicted octanol–water partition coefficient (Wildman–Crippen LogP) is 2.02. The first-order valence-corrected chi connectivity index (χ1v) is 7.35. The SMILES string of the molecule is CCCCOCCCNC(=O)Nc1c(C)ccn(C)c1=O. The first kappa shape index (κ1) is 17.2. The molecule has 1 aromatic rings. The lowest BCUT2D eigenvalue weighted by molar-refractivity contribution is 0.129. The van der Waals surface area contributed by atoms with Gasteiger partial charge >= 0.3 is 6.03 Å². The van der Waals surface area contributed by atoms with Gasteiger partial charge in [0.2, 0.25) is 0 Å². The van der Waals surface area contributed by atoms with Crippen molar-refractivity contribution in [1.82, 2.24) is 9.88 Å². The van der Waals surface area contributed by atoms with Crippen LogP contribution >= 0.6 is 0 Å². The molecular formula is C15H25N3O3. The Morgan fingerprint density at radius 3 is 2.76 bits per heavy atom. The van der Waals surface area contributed by atoms with Crippen LogP contribution in [0.1, 0.15) is 31.7 Å². The molecule has 0 saturated heterocycles. The Labute approximate surface area is 125 Å². The van der Waals surface area contributed by atoms with Gasteiger partial charge < -0.3 is 19.9 Å². The average molecular weight is 295 g/mol. The summed E-state index contributed by atoms with van der Waals surface area (Å²) in [7, 11) is 1.65. The van der Waals surface area contributed by atoms with E-state index < -0.39 is 0 Å². The van der Waals surface area contributed by atoms with E-state index >= 15 is 0 Å². The van der Waals surface area contributed by atoms with E-state index in [1.807, 2.05) is 0 Å². The number of urea groups is 1. The molecule has 0 fully saturated rings. The van der Waals surface area contributed by atoms with Crippen LogP contribution in [-0.2, 0) is 11.8 Å². The molecule has 2 amide bonds. The molecule has 0 unspecified atom stereocenters. The number of amides is 2. The van der Waals surface area contributed by atoms with Crippen molar-refractivity contribution in [2.24, 2.45) is 7.05 Å². The summed E-state index contributed by atoms with van der Waals surface area (Å²) in [6.45, 7) is 5.82. The van der Waals surface area contributed by atoms with E-state index in [2.05, 4.69) is 17.6 Å². The van der Waals surface area contributed by atoms with Crippen LogP contribution in [0.3, 0.4) is 0 Å². The highest BCUT2D eigenvalue weighted by Crippen LogP contribution is 2.06. The van der Waals surface area contributed by atoms with Crippen molar-refractivity contribution in [2.75, 3.05) is 25.1 Å². The van der Waals surface area contributed by atoms with Gasteiger partial charge in [-0.05, 0) is 31.4 Å². The molecule has 0 aliphatic carbocycles. The number of aromatic nitrogens is 1. The lowest BCUT2D eigenvalue weighted by Gasteiger charge is -2.10. The molecule has 0 spiro atoms. The molecule has 0 aliphatic rings.